The van der Waals surface area contributed by atoms with Crippen molar-refractivity contribution < 1.29 is 0 Å². The van der Waals surface area contributed by atoms with Crippen molar-refractivity contribution in [3.05, 3.63) is 16.8 Å². The standard InChI is InChI=1S/C10H18N4O/c1-12-9-11-14(10(12)15)8-7-13-5-3-2-4-6-13/h9H,2-8H2,1H3. The third kappa shape index (κ3) is 2.47. The zero-order valence-electron chi connectivity index (χ0n) is 9.22. The quantitative estimate of drug-likeness (QED) is 0.709. The first-order valence-electron chi connectivity index (χ1n) is 5.58. The van der Waals surface area contributed by atoms with Gasteiger partial charge in [0.05, 0.1) is 6.54 Å². The average Bonchev–Trinajstić information content (AvgIpc) is 2.59. The van der Waals surface area contributed by atoms with Crippen LogP contribution in [0.15, 0.2) is 11.1 Å². The summed E-state index contributed by atoms with van der Waals surface area (Å²) >= 11 is 0. The first kappa shape index (κ1) is 10.4. The molecule has 0 atom stereocenters. The van der Waals surface area contributed by atoms with Gasteiger partial charge in [0, 0.05) is 13.6 Å². The van der Waals surface area contributed by atoms with E-state index in [-0.39, 0.29) is 5.69 Å². The maximum Gasteiger partial charge on any atom is 0.345 e. The molecule has 0 saturated carbocycles. The number of aromatic nitrogens is 3. The summed E-state index contributed by atoms with van der Waals surface area (Å²) in [6, 6.07) is 0. The Labute approximate surface area is 89.3 Å². The molecule has 5 nitrogen and oxygen atoms in total. The first-order chi connectivity index (χ1) is 7.27. The monoisotopic (exact) mass is 210 g/mol. The van der Waals surface area contributed by atoms with E-state index in [1.165, 1.54) is 41.6 Å². The Balaban J connectivity index is 1.87. The van der Waals surface area contributed by atoms with Crippen LogP contribution in [0.4, 0.5) is 0 Å². The van der Waals surface area contributed by atoms with E-state index in [4.69, 9.17) is 0 Å². The Kier molecular flexibility index (Phi) is 3.20. The minimum absolute atomic E-state index is 0.0213. The molecule has 1 aliphatic heterocycles. The van der Waals surface area contributed by atoms with Crippen LogP contribution in [0, 0.1) is 0 Å². The summed E-state index contributed by atoms with van der Waals surface area (Å²) in [7, 11) is 1.73. The normalized spacial score (nSPS) is 18.2. The fraction of sp³-hybridized carbons (Fsp3) is 0.800. The molecule has 2 rings (SSSR count). The Morgan fingerprint density at radius 1 is 1.27 bits per heavy atom. The van der Waals surface area contributed by atoms with E-state index in [0.29, 0.717) is 6.54 Å². The van der Waals surface area contributed by atoms with E-state index in [0.717, 1.165) is 6.54 Å². The predicted molar refractivity (Wildman–Crippen MR) is 57.8 cm³/mol. The SMILES string of the molecule is Cn1cnn(CCN2CCCCC2)c1=O. The third-order valence-electron chi connectivity index (χ3n) is 2.96. The Morgan fingerprint density at radius 3 is 2.60 bits per heavy atom. The highest BCUT2D eigenvalue weighted by Crippen LogP contribution is 2.07. The van der Waals surface area contributed by atoms with Gasteiger partial charge in [0.1, 0.15) is 6.33 Å². The fourth-order valence-electron chi connectivity index (χ4n) is 1.99. The van der Waals surface area contributed by atoms with Crippen molar-refractivity contribution in [3.8, 4) is 0 Å². The highest BCUT2D eigenvalue weighted by atomic mass is 16.2. The fourth-order valence-corrected chi connectivity index (χ4v) is 1.99. The Morgan fingerprint density at radius 2 is 2.00 bits per heavy atom. The van der Waals surface area contributed by atoms with Crippen LogP contribution in [0.1, 0.15) is 19.3 Å². The Bertz CT molecular complexity index is 362. The van der Waals surface area contributed by atoms with Gasteiger partial charge in [-0.2, -0.15) is 5.10 Å². The van der Waals surface area contributed by atoms with E-state index < -0.39 is 0 Å². The summed E-state index contributed by atoms with van der Waals surface area (Å²) in [4.78, 5) is 13.9. The van der Waals surface area contributed by atoms with E-state index >= 15 is 0 Å². The van der Waals surface area contributed by atoms with Crippen LogP contribution in [0.3, 0.4) is 0 Å². The summed E-state index contributed by atoms with van der Waals surface area (Å²) in [6.45, 7) is 3.99. The van der Waals surface area contributed by atoms with Gasteiger partial charge in [0.15, 0.2) is 0 Å². The van der Waals surface area contributed by atoms with Gasteiger partial charge in [-0.15, -0.1) is 0 Å². The topological polar surface area (TPSA) is 43.1 Å². The first-order valence-corrected chi connectivity index (χ1v) is 5.58. The molecule has 1 aliphatic rings. The van der Waals surface area contributed by atoms with Gasteiger partial charge in [0.2, 0.25) is 0 Å². The van der Waals surface area contributed by atoms with Crippen molar-refractivity contribution in [2.24, 2.45) is 7.05 Å². The van der Waals surface area contributed by atoms with Gasteiger partial charge < -0.3 is 4.90 Å². The molecule has 0 aromatic carbocycles. The van der Waals surface area contributed by atoms with Crippen molar-refractivity contribution in [1.29, 1.82) is 0 Å². The van der Waals surface area contributed by atoms with Crippen LogP contribution >= 0.6 is 0 Å². The third-order valence-corrected chi connectivity index (χ3v) is 2.96. The predicted octanol–water partition coefficient (Wildman–Crippen LogP) is 0.0677. The van der Waals surface area contributed by atoms with Gasteiger partial charge in [-0.25, -0.2) is 9.48 Å². The van der Waals surface area contributed by atoms with Gasteiger partial charge in [-0.3, -0.25) is 4.57 Å². The lowest BCUT2D eigenvalue weighted by Gasteiger charge is -2.25. The van der Waals surface area contributed by atoms with E-state index in [1.807, 2.05) is 0 Å². The molecule has 0 spiro atoms. The zero-order chi connectivity index (χ0) is 10.7. The molecule has 0 aliphatic carbocycles. The van der Waals surface area contributed by atoms with Crippen LogP contribution in [0.5, 0.6) is 0 Å². The van der Waals surface area contributed by atoms with Crippen LogP contribution in [0.25, 0.3) is 0 Å². The molecule has 0 unspecified atom stereocenters. The van der Waals surface area contributed by atoms with Crippen molar-refractivity contribution in [2.45, 2.75) is 25.8 Å². The molecule has 0 N–H and O–H groups in total. The highest BCUT2D eigenvalue weighted by Gasteiger charge is 2.10. The number of rotatable bonds is 3. The molecule has 0 amide bonds. The maximum atomic E-state index is 11.5. The van der Waals surface area contributed by atoms with Gasteiger partial charge in [0.25, 0.3) is 0 Å². The lowest BCUT2D eigenvalue weighted by atomic mass is 10.1. The van der Waals surface area contributed by atoms with Gasteiger partial charge in [-0.1, -0.05) is 6.42 Å². The molecule has 5 heteroatoms. The molecule has 84 valence electrons. The van der Waals surface area contributed by atoms with Crippen molar-refractivity contribution in [3.63, 3.8) is 0 Å². The molecule has 1 aromatic heterocycles. The van der Waals surface area contributed by atoms with Crippen molar-refractivity contribution in [2.75, 3.05) is 19.6 Å². The number of hydrogen-bond donors (Lipinski definition) is 0. The second kappa shape index (κ2) is 4.61. The molecular formula is C10H18N4O. The van der Waals surface area contributed by atoms with Crippen LogP contribution in [-0.2, 0) is 13.6 Å². The molecule has 2 heterocycles. The molecule has 15 heavy (non-hydrogen) atoms. The number of hydrogen-bond acceptors (Lipinski definition) is 3. The number of likely N-dealkylation sites (tertiary alicyclic amines) is 1. The second-order valence-corrected chi connectivity index (χ2v) is 4.15. The summed E-state index contributed by atoms with van der Waals surface area (Å²) in [5.41, 5.74) is -0.0213. The number of aryl methyl sites for hydroxylation is 1. The van der Waals surface area contributed by atoms with Gasteiger partial charge >= 0.3 is 5.69 Å². The van der Waals surface area contributed by atoms with Crippen molar-refractivity contribution >= 4 is 0 Å². The summed E-state index contributed by atoms with van der Waals surface area (Å²) in [5.74, 6) is 0. The van der Waals surface area contributed by atoms with Crippen LogP contribution < -0.4 is 5.69 Å². The smallest absolute Gasteiger partial charge is 0.301 e. The second-order valence-electron chi connectivity index (χ2n) is 4.15. The van der Waals surface area contributed by atoms with Crippen LogP contribution in [0.2, 0.25) is 0 Å². The summed E-state index contributed by atoms with van der Waals surface area (Å²) in [5, 5.41) is 4.04. The minimum Gasteiger partial charge on any atom is -0.301 e. The summed E-state index contributed by atoms with van der Waals surface area (Å²) < 4.78 is 3.05. The molecular weight excluding hydrogens is 192 g/mol. The molecule has 1 aromatic rings. The molecule has 0 radical (unpaired) electrons. The van der Waals surface area contributed by atoms with Crippen molar-refractivity contribution in [1.82, 2.24) is 19.2 Å². The van der Waals surface area contributed by atoms with E-state index in [2.05, 4.69) is 10.00 Å². The molecule has 1 fully saturated rings. The van der Waals surface area contributed by atoms with E-state index in [9.17, 15) is 4.79 Å². The molecule has 0 bridgehead atoms. The highest BCUT2D eigenvalue weighted by molar-refractivity contribution is 4.68. The Hall–Kier alpha value is -1.10. The lowest BCUT2D eigenvalue weighted by Crippen LogP contribution is -2.35. The maximum absolute atomic E-state index is 11.5. The largest absolute Gasteiger partial charge is 0.345 e. The minimum atomic E-state index is -0.0213. The average molecular weight is 210 g/mol. The van der Waals surface area contributed by atoms with Crippen LogP contribution in [-0.4, -0.2) is 38.9 Å². The van der Waals surface area contributed by atoms with E-state index in [1.54, 1.807) is 13.4 Å². The summed E-state index contributed by atoms with van der Waals surface area (Å²) in [6.07, 6.45) is 5.49. The number of piperidine rings is 1. The molecule has 1 saturated heterocycles. The van der Waals surface area contributed by atoms with Gasteiger partial charge in [-0.05, 0) is 25.9 Å². The zero-order valence-corrected chi connectivity index (χ0v) is 9.22. The number of nitrogens with zero attached hydrogens (tertiary/aromatic N) is 4. The lowest BCUT2D eigenvalue weighted by molar-refractivity contribution is 0.217.